The molecule has 2 heteroatoms. The average Bonchev–Trinajstić information content (AvgIpc) is 1.69. The van der Waals surface area contributed by atoms with Gasteiger partial charge in [-0.2, -0.15) is 0 Å². The predicted octanol–water partition coefficient (Wildman–Crippen LogP) is 1.38. The molecule has 0 aromatic carbocycles. The second-order valence-corrected chi connectivity index (χ2v) is 1.24. The lowest BCUT2D eigenvalue weighted by Crippen LogP contribution is -1.91. The number of hydrogen-bond acceptors (Lipinski definition) is 1. The summed E-state index contributed by atoms with van der Waals surface area (Å²) in [5.74, 6) is 0. The molecule has 1 aliphatic rings. The molecule has 1 heterocycles. The molecule has 0 atom stereocenters. The molecule has 1 rings (SSSR count). The topological polar surface area (TPSA) is 9.23 Å². The molecular formula is C5H5FO. The minimum Gasteiger partial charge on any atom is -0.473 e. The van der Waals surface area contributed by atoms with Gasteiger partial charge in [-0.1, -0.05) is 0 Å². The molecule has 0 unspecified atom stereocenters. The largest absolute Gasteiger partial charge is 0.473 e. The summed E-state index contributed by atoms with van der Waals surface area (Å²) >= 11 is 0. The van der Waals surface area contributed by atoms with Crippen LogP contribution in [0.1, 0.15) is 0 Å². The lowest BCUT2D eigenvalue weighted by molar-refractivity contribution is 0.358. The third-order valence-electron chi connectivity index (χ3n) is 0.682. The quantitative estimate of drug-likeness (QED) is 0.447. The van der Waals surface area contributed by atoms with Crippen LogP contribution < -0.4 is 0 Å². The number of ether oxygens (including phenoxy) is 1. The van der Waals surface area contributed by atoms with Crippen LogP contribution in [0.25, 0.3) is 0 Å². The fourth-order valence-electron chi connectivity index (χ4n) is 0.350. The Kier molecular flexibility index (Phi) is 1.11. The Labute approximate surface area is 41.1 Å². The normalized spacial score (nSPS) is 19.6. The number of alkyl halides is 1. The van der Waals surface area contributed by atoms with Crippen LogP contribution in [0.3, 0.4) is 0 Å². The Morgan fingerprint density at radius 2 is 1.86 bits per heavy atom. The first-order valence-corrected chi connectivity index (χ1v) is 2.02. The Morgan fingerprint density at radius 1 is 1.29 bits per heavy atom. The van der Waals surface area contributed by atoms with Gasteiger partial charge in [0.05, 0.1) is 12.5 Å². The van der Waals surface area contributed by atoms with E-state index in [0.29, 0.717) is 0 Å². The van der Waals surface area contributed by atoms with Crippen LogP contribution in [0, 0.1) is 0 Å². The number of halogens is 1. The van der Waals surface area contributed by atoms with Crippen molar-refractivity contribution in [2.75, 3.05) is 0 Å². The highest BCUT2D eigenvalue weighted by atomic mass is 19.1. The molecule has 0 fully saturated rings. The second kappa shape index (κ2) is 1.78. The summed E-state index contributed by atoms with van der Waals surface area (Å²) in [5, 5.41) is 0. The summed E-state index contributed by atoms with van der Waals surface area (Å²) in [5.41, 5.74) is 0. The van der Waals surface area contributed by atoms with Crippen molar-refractivity contribution < 1.29 is 9.13 Å². The minimum absolute atomic E-state index is 0.950. The van der Waals surface area contributed by atoms with Crippen LogP contribution in [0.5, 0.6) is 0 Å². The van der Waals surface area contributed by atoms with Crippen LogP contribution in [0.2, 0.25) is 0 Å². The van der Waals surface area contributed by atoms with Crippen molar-refractivity contribution in [1.82, 2.24) is 0 Å². The predicted molar refractivity (Wildman–Crippen MR) is 24.3 cm³/mol. The zero-order valence-electron chi connectivity index (χ0n) is 3.67. The van der Waals surface area contributed by atoms with Gasteiger partial charge in [0.2, 0.25) is 0 Å². The van der Waals surface area contributed by atoms with Gasteiger partial charge in [-0.05, 0) is 12.2 Å². The third-order valence-corrected chi connectivity index (χ3v) is 0.682. The average molecular weight is 100 g/mol. The third kappa shape index (κ3) is 1.03. The van der Waals surface area contributed by atoms with E-state index in [-0.39, 0.29) is 0 Å². The standard InChI is InChI=1S/C5H5FO/c6-5-1-3-7-4-2-5/h1-5H. The molecule has 0 radical (unpaired) electrons. The number of rotatable bonds is 0. The lowest BCUT2D eigenvalue weighted by Gasteiger charge is -1.98. The Morgan fingerprint density at radius 3 is 2.14 bits per heavy atom. The molecule has 0 amide bonds. The van der Waals surface area contributed by atoms with Crippen LogP contribution in [0.15, 0.2) is 24.7 Å². The summed E-state index contributed by atoms with van der Waals surface area (Å²) < 4.78 is 16.5. The maximum atomic E-state index is 11.9. The molecule has 0 aromatic rings. The maximum absolute atomic E-state index is 11.9. The van der Waals surface area contributed by atoms with E-state index in [1.54, 1.807) is 0 Å². The van der Waals surface area contributed by atoms with Gasteiger partial charge in [-0.25, -0.2) is 4.39 Å². The highest BCUT2D eigenvalue weighted by Crippen LogP contribution is 2.00. The van der Waals surface area contributed by atoms with Crippen molar-refractivity contribution in [2.45, 2.75) is 6.17 Å². The highest BCUT2D eigenvalue weighted by molar-refractivity contribution is 5.01. The van der Waals surface area contributed by atoms with E-state index >= 15 is 0 Å². The highest BCUT2D eigenvalue weighted by Gasteiger charge is 1.95. The lowest BCUT2D eigenvalue weighted by atomic mass is 10.3. The fraction of sp³-hybridized carbons (Fsp3) is 0.200. The van der Waals surface area contributed by atoms with E-state index in [1.165, 1.54) is 24.7 Å². The SMILES string of the molecule is FC1C=COC=C1. The van der Waals surface area contributed by atoms with Crippen LogP contribution in [0.4, 0.5) is 4.39 Å². The van der Waals surface area contributed by atoms with Gasteiger partial charge in [0, 0.05) is 0 Å². The first kappa shape index (κ1) is 4.37. The molecule has 0 aliphatic carbocycles. The van der Waals surface area contributed by atoms with Crippen molar-refractivity contribution in [3.8, 4) is 0 Å². The number of hydrogen-bond donors (Lipinski definition) is 0. The molecule has 0 spiro atoms. The molecule has 1 nitrogen and oxygen atoms in total. The van der Waals surface area contributed by atoms with E-state index in [9.17, 15) is 4.39 Å². The van der Waals surface area contributed by atoms with Crippen LogP contribution >= 0.6 is 0 Å². The first-order chi connectivity index (χ1) is 3.39. The van der Waals surface area contributed by atoms with Crippen LogP contribution in [-0.2, 0) is 4.74 Å². The molecule has 0 saturated heterocycles. The van der Waals surface area contributed by atoms with Gasteiger partial charge in [-0.15, -0.1) is 0 Å². The molecule has 38 valence electrons. The van der Waals surface area contributed by atoms with E-state index in [1.807, 2.05) is 0 Å². The molecule has 1 aliphatic heterocycles. The molecule has 0 bridgehead atoms. The zero-order chi connectivity index (χ0) is 5.11. The second-order valence-electron chi connectivity index (χ2n) is 1.24. The Balaban J connectivity index is 2.49. The van der Waals surface area contributed by atoms with Gasteiger partial charge in [0.15, 0.2) is 0 Å². The fourth-order valence-corrected chi connectivity index (χ4v) is 0.350. The molecule has 0 aromatic heterocycles. The summed E-state index contributed by atoms with van der Waals surface area (Å²) in [6, 6.07) is 0. The molecular weight excluding hydrogens is 95.1 g/mol. The van der Waals surface area contributed by atoms with E-state index in [4.69, 9.17) is 0 Å². The van der Waals surface area contributed by atoms with Crippen molar-refractivity contribution in [2.24, 2.45) is 0 Å². The summed E-state index contributed by atoms with van der Waals surface area (Å²) in [6.07, 6.45) is 4.36. The summed E-state index contributed by atoms with van der Waals surface area (Å²) in [4.78, 5) is 0. The van der Waals surface area contributed by atoms with Crippen molar-refractivity contribution in [3.63, 3.8) is 0 Å². The van der Waals surface area contributed by atoms with Gasteiger partial charge < -0.3 is 4.74 Å². The van der Waals surface area contributed by atoms with Crippen LogP contribution in [-0.4, -0.2) is 6.17 Å². The summed E-state index contributed by atoms with van der Waals surface area (Å²) in [6.45, 7) is 0. The van der Waals surface area contributed by atoms with E-state index in [2.05, 4.69) is 4.74 Å². The smallest absolute Gasteiger partial charge is 0.143 e. The molecule has 0 N–H and O–H groups in total. The van der Waals surface area contributed by atoms with Crippen molar-refractivity contribution in [1.29, 1.82) is 0 Å². The van der Waals surface area contributed by atoms with Gasteiger partial charge in [-0.3, -0.25) is 0 Å². The van der Waals surface area contributed by atoms with Gasteiger partial charge in [0.1, 0.15) is 6.17 Å². The number of allylic oxidation sites excluding steroid dienone is 2. The van der Waals surface area contributed by atoms with Gasteiger partial charge >= 0.3 is 0 Å². The van der Waals surface area contributed by atoms with E-state index in [0.717, 1.165) is 0 Å². The molecule has 0 saturated carbocycles. The maximum Gasteiger partial charge on any atom is 0.143 e. The van der Waals surface area contributed by atoms with E-state index < -0.39 is 6.17 Å². The summed E-state index contributed by atoms with van der Waals surface area (Å²) in [7, 11) is 0. The first-order valence-electron chi connectivity index (χ1n) is 2.02. The Hall–Kier alpha value is -0.790. The van der Waals surface area contributed by atoms with Gasteiger partial charge in [0.25, 0.3) is 0 Å². The zero-order valence-corrected chi connectivity index (χ0v) is 3.67. The molecule has 7 heavy (non-hydrogen) atoms. The minimum atomic E-state index is -0.950. The van der Waals surface area contributed by atoms with Crippen molar-refractivity contribution >= 4 is 0 Å². The monoisotopic (exact) mass is 100 g/mol. The van der Waals surface area contributed by atoms with Crippen molar-refractivity contribution in [3.05, 3.63) is 24.7 Å². The Bertz CT molecular complexity index is 94.6.